The first-order chi connectivity index (χ1) is 9.60. The van der Waals surface area contributed by atoms with Gasteiger partial charge in [0.1, 0.15) is 11.6 Å². The number of hydrogen-bond donors (Lipinski definition) is 2. The van der Waals surface area contributed by atoms with Gasteiger partial charge in [-0.05, 0) is 37.5 Å². The summed E-state index contributed by atoms with van der Waals surface area (Å²) in [6.45, 7) is 5.93. The predicted molar refractivity (Wildman–Crippen MR) is 78.0 cm³/mol. The van der Waals surface area contributed by atoms with Crippen LogP contribution in [-0.4, -0.2) is 22.7 Å². The first-order valence-electron chi connectivity index (χ1n) is 6.62. The Bertz CT molecular complexity index is 605. The van der Waals surface area contributed by atoms with Crippen molar-refractivity contribution in [2.75, 3.05) is 11.9 Å². The Morgan fingerprint density at radius 1 is 1.40 bits per heavy atom. The fraction of sp³-hybridized carbons (Fsp3) is 0.333. The molecule has 0 radical (unpaired) electrons. The van der Waals surface area contributed by atoms with Crippen LogP contribution in [0.3, 0.4) is 0 Å². The lowest BCUT2D eigenvalue weighted by atomic mass is 10.1. The molecule has 1 amide bonds. The van der Waals surface area contributed by atoms with Gasteiger partial charge in [0.25, 0.3) is 5.91 Å². The number of carbonyl (C=O) groups is 1. The van der Waals surface area contributed by atoms with Crippen molar-refractivity contribution < 1.29 is 9.53 Å². The van der Waals surface area contributed by atoms with Gasteiger partial charge in [0, 0.05) is 5.56 Å². The molecule has 0 aliphatic heterocycles. The third-order valence-corrected chi connectivity index (χ3v) is 3.07. The van der Waals surface area contributed by atoms with Crippen LogP contribution in [0.5, 0.6) is 5.75 Å². The molecule has 0 spiro atoms. The average molecular weight is 273 g/mol. The molecule has 2 N–H and O–H groups in total. The molecule has 0 bridgehead atoms. The number of hydrogen-bond acceptors (Lipinski definition) is 3. The number of carbonyl (C=O) groups excluding carboxylic acids is 1. The number of ether oxygens (including phenoxy) is 1. The average Bonchev–Trinajstić information content (AvgIpc) is 2.87. The van der Waals surface area contributed by atoms with Gasteiger partial charge in [-0.3, -0.25) is 9.89 Å². The highest BCUT2D eigenvalue weighted by atomic mass is 16.5. The largest absolute Gasteiger partial charge is 0.483 e. The van der Waals surface area contributed by atoms with Gasteiger partial charge in [-0.1, -0.05) is 19.1 Å². The maximum Gasteiger partial charge on any atom is 0.263 e. The Hall–Kier alpha value is -2.30. The highest BCUT2D eigenvalue weighted by molar-refractivity contribution is 5.91. The van der Waals surface area contributed by atoms with Crippen LogP contribution in [0.1, 0.15) is 23.6 Å². The highest BCUT2D eigenvalue weighted by Gasteiger charge is 2.09. The Morgan fingerprint density at radius 3 is 2.95 bits per heavy atom. The molecule has 0 saturated carbocycles. The molecule has 20 heavy (non-hydrogen) atoms. The van der Waals surface area contributed by atoms with E-state index >= 15 is 0 Å². The number of H-pyrrole nitrogens is 1. The van der Waals surface area contributed by atoms with E-state index in [2.05, 4.69) is 15.5 Å². The van der Waals surface area contributed by atoms with Gasteiger partial charge >= 0.3 is 0 Å². The van der Waals surface area contributed by atoms with Crippen LogP contribution < -0.4 is 10.1 Å². The van der Waals surface area contributed by atoms with Crippen molar-refractivity contribution in [3.05, 3.63) is 41.1 Å². The van der Waals surface area contributed by atoms with Crippen LogP contribution in [0.15, 0.2) is 24.4 Å². The fourth-order valence-electron chi connectivity index (χ4n) is 1.87. The number of aromatic nitrogens is 2. The third kappa shape index (κ3) is 3.38. The van der Waals surface area contributed by atoms with Gasteiger partial charge in [-0.15, -0.1) is 0 Å². The molecule has 1 heterocycles. The van der Waals surface area contributed by atoms with Gasteiger partial charge in [0.15, 0.2) is 6.61 Å². The molecule has 0 saturated heterocycles. The molecule has 0 unspecified atom stereocenters. The van der Waals surface area contributed by atoms with Crippen molar-refractivity contribution in [1.29, 1.82) is 0 Å². The second kappa shape index (κ2) is 6.23. The van der Waals surface area contributed by atoms with Crippen LogP contribution in [0.2, 0.25) is 0 Å². The number of benzene rings is 1. The van der Waals surface area contributed by atoms with Crippen molar-refractivity contribution in [2.24, 2.45) is 0 Å². The zero-order valence-electron chi connectivity index (χ0n) is 12.0. The minimum absolute atomic E-state index is 0.0214. The van der Waals surface area contributed by atoms with Gasteiger partial charge in [-0.2, -0.15) is 5.10 Å². The van der Waals surface area contributed by atoms with E-state index in [1.54, 1.807) is 6.20 Å². The zero-order valence-corrected chi connectivity index (χ0v) is 12.0. The van der Waals surface area contributed by atoms with E-state index in [0.717, 1.165) is 28.9 Å². The van der Waals surface area contributed by atoms with Gasteiger partial charge in [0.05, 0.1) is 6.20 Å². The number of aryl methyl sites for hydroxylation is 3. The maximum absolute atomic E-state index is 11.9. The van der Waals surface area contributed by atoms with E-state index in [-0.39, 0.29) is 12.5 Å². The first kappa shape index (κ1) is 14.1. The van der Waals surface area contributed by atoms with Crippen LogP contribution in [-0.2, 0) is 11.2 Å². The van der Waals surface area contributed by atoms with Crippen molar-refractivity contribution in [3.63, 3.8) is 0 Å². The summed E-state index contributed by atoms with van der Waals surface area (Å²) < 4.78 is 5.56. The number of nitrogens with one attached hydrogen (secondary N) is 2. The topological polar surface area (TPSA) is 67.0 Å². The van der Waals surface area contributed by atoms with Crippen molar-refractivity contribution >= 4 is 11.7 Å². The second-order valence-electron chi connectivity index (χ2n) is 4.73. The Morgan fingerprint density at radius 2 is 2.20 bits per heavy atom. The van der Waals surface area contributed by atoms with Crippen molar-refractivity contribution in [2.45, 2.75) is 27.2 Å². The number of amides is 1. The number of nitrogens with zero attached hydrogens (tertiary/aromatic N) is 1. The molecule has 1 aromatic heterocycles. The molecular formula is C15H19N3O2. The van der Waals surface area contributed by atoms with Gasteiger partial charge < -0.3 is 10.1 Å². The summed E-state index contributed by atoms with van der Waals surface area (Å²) in [4.78, 5) is 11.9. The minimum Gasteiger partial charge on any atom is -0.483 e. The van der Waals surface area contributed by atoms with Crippen molar-refractivity contribution in [1.82, 2.24) is 10.2 Å². The Labute approximate surface area is 118 Å². The van der Waals surface area contributed by atoms with E-state index in [1.165, 1.54) is 0 Å². The standard InChI is InChI=1S/C15H19N3O2/c1-4-12-8-16-18-15(12)17-14(19)9-20-13-7-10(2)5-6-11(13)3/h5-8H,4,9H2,1-3H3,(H2,16,17,18,19). The lowest BCUT2D eigenvalue weighted by molar-refractivity contribution is -0.118. The summed E-state index contributed by atoms with van der Waals surface area (Å²) in [5, 5.41) is 9.44. The highest BCUT2D eigenvalue weighted by Crippen LogP contribution is 2.19. The summed E-state index contributed by atoms with van der Waals surface area (Å²) in [5.41, 5.74) is 3.09. The zero-order chi connectivity index (χ0) is 14.5. The smallest absolute Gasteiger partial charge is 0.263 e. The molecule has 5 nitrogen and oxygen atoms in total. The molecule has 2 rings (SSSR count). The molecule has 0 atom stereocenters. The second-order valence-corrected chi connectivity index (χ2v) is 4.73. The normalized spacial score (nSPS) is 10.3. The predicted octanol–water partition coefficient (Wildman–Crippen LogP) is 2.61. The fourth-order valence-corrected chi connectivity index (χ4v) is 1.87. The molecule has 5 heteroatoms. The Balaban J connectivity index is 1.94. The van der Waals surface area contributed by atoms with E-state index in [0.29, 0.717) is 5.82 Å². The first-order valence-corrected chi connectivity index (χ1v) is 6.62. The summed E-state index contributed by atoms with van der Waals surface area (Å²) in [6, 6.07) is 5.92. The molecule has 0 fully saturated rings. The van der Waals surface area contributed by atoms with Crippen molar-refractivity contribution in [3.8, 4) is 5.75 Å². The lowest BCUT2D eigenvalue weighted by Crippen LogP contribution is -2.21. The summed E-state index contributed by atoms with van der Waals surface area (Å²) in [7, 11) is 0. The number of rotatable bonds is 5. The van der Waals surface area contributed by atoms with Gasteiger partial charge in [-0.25, -0.2) is 0 Å². The third-order valence-electron chi connectivity index (χ3n) is 3.07. The molecule has 0 aliphatic rings. The number of anilines is 1. The van der Waals surface area contributed by atoms with Crippen LogP contribution in [0.25, 0.3) is 0 Å². The van der Waals surface area contributed by atoms with E-state index < -0.39 is 0 Å². The quantitative estimate of drug-likeness (QED) is 0.880. The number of aromatic amines is 1. The molecule has 2 aromatic rings. The van der Waals surface area contributed by atoms with Crippen LogP contribution in [0.4, 0.5) is 5.82 Å². The maximum atomic E-state index is 11.9. The Kier molecular flexibility index (Phi) is 4.40. The molecular weight excluding hydrogens is 254 g/mol. The summed E-state index contributed by atoms with van der Waals surface area (Å²) >= 11 is 0. The van der Waals surface area contributed by atoms with Crippen LogP contribution in [0, 0.1) is 13.8 Å². The van der Waals surface area contributed by atoms with E-state index in [1.807, 2.05) is 39.0 Å². The molecule has 0 aliphatic carbocycles. The SMILES string of the molecule is CCc1cn[nH]c1NC(=O)COc1cc(C)ccc1C. The van der Waals surface area contributed by atoms with E-state index in [4.69, 9.17) is 4.74 Å². The minimum atomic E-state index is -0.204. The molecule has 106 valence electrons. The van der Waals surface area contributed by atoms with Gasteiger partial charge in [0.2, 0.25) is 0 Å². The van der Waals surface area contributed by atoms with E-state index in [9.17, 15) is 4.79 Å². The molecule has 1 aromatic carbocycles. The summed E-state index contributed by atoms with van der Waals surface area (Å²) in [5.74, 6) is 1.17. The lowest BCUT2D eigenvalue weighted by Gasteiger charge is -2.10. The van der Waals surface area contributed by atoms with Crippen LogP contribution >= 0.6 is 0 Å². The monoisotopic (exact) mass is 273 g/mol. The summed E-state index contributed by atoms with van der Waals surface area (Å²) in [6.07, 6.45) is 2.52.